The molecule has 2 aromatic rings. The number of benzene rings is 1. The summed E-state index contributed by atoms with van der Waals surface area (Å²) in [6.45, 7) is 8.83. The Morgan fingerprint density at radius 3 is 2.77 bits per heavy atom. The van der Waals surface area contributed by atoms with Crippen LogP contribution in [0.1, 0.15) is 57.0 Å². The summed E-state index contributed by atoms with van der Waals surface area (Å²) >= 11 is 0. The average molecular weight is 415 g/mol. The molecule has 162 valence electrons. The van der Waals surface area contributed by atoms with Crippen molar-refractivity contribution < 1.29 is 14.1 Å². The molecule has 0 spiro atoms. The molecule has 0 radical (unpaired) electrons. The lowest BCUT2D eigenvalue weighted by Crippen LogP contribution is -2.36. The van der Waals surface area contributed by atoms with Gasteiger partial charge in [0.05, 0.1) is 13.1 Å². The number of guanidine groups is 1. The molecule has 9 heteroatoms. The number of hydrogen-bond donors (Lipinski definition) is 2. The monoisotopic (exact) mass is 414 g/mol. The summed E-state index contributed by atoms with van der Waals surface area (Å²) in [6.07, 6.45) is 1.36. The zero-order valence-corrected chi connectivity index (χ0v) is 17.9. The highest BCUT2D eigenvalue weighted by atomic mass is 16.5. The maximum atomic E-state index is 11.9. The van der Waals surface area contributed by atoms with Gasteiger partial charge in [-0.25, -0.2) is 4.99 Å². The third-order valence-electron chi connectivity index (χ3n) is 4.76. The second-order valence-corrected chi connectivity index (χ2v) is 7.01. The molecule has 0 saturated carbocycles. The number of hydrogen-bond acceptors (Lipinski definition) is 6. The topological polar surface area (TPSA) is 105 Å². The molecule has 2 heterocycles. The normalized spacial score (nSPS) is 15.5. The number of nitrogens with one attached hydrogen (secondary N) is 2. The van der Waals surface area contributed by atoms with Gasteiger partial charge in [-0.1, -0.05) is 17.3 Å². The van der Waals surface area contributed by atoms with Crippen LogP contribution >= 0.6 is 0 Å². The van der Waals surface area contributed by atoms with Crippen molar-refractivity contribution in [2.24, 2.45) is 4.99 Å². The fraction of sp³-hybridized carbons (Fsp3) is 0.524. The molecular weight excluding hydrogens is 384 g/mol. The Morgan fingerprint density at radius 1 is 1.30 bits per heavy atom. The zero-order chi connectivity index (χ0) is 21.3. The zero-order valence-electron chi connectivity index (χ0n) is 17.9. The SMILES string of the molecule is CCNC(=NCc1ccc(N2CCCC2=O)cc1)NCc1nc(C(C)OCC)no1. The van der Waals surface area contributed by atoms with E-state index in [-0.39, 0.29) is 12.0 Å². The smallest absolute Gasteiger partial charge is 0.246 e. The summed E-state index contributed by atoms with van der Waals surface area (Å²) < 4.78 is 10.8. The first-order valence-corrected chi connectivity index (χ1v) is 10.5. The predicted molar refractivity (Wildman–Crippen MR) is 114 cm³/mol. The third kappa shape index (κ3) is 5.79. The summed E-state index contributed by atoms with van der Waals surface area (Å²) in [5.74, 6) is 1.86. The number of nitrogens with zero attached hydrogens (tertiary/aromatic N) is 4. The van der Waals surface area contributed by atoms with Gasteiger partial charge in [0.25, 0.3) is 0 Å². The summed E-state index contributed by atoms with van der Waals surface area (Å²) in [6, 6.07) is 7.97. The van der Waals surface area contributed by atoms with Crippen LogP contribution in [-0.2, 0) is 22.6 Å². The molecule has 1 aliphatic rings. The number of anilines is 1. The summed E-state index contributed by atoms with van der Waals surface area (Å²) in [5, 5.41) is 10.4. The second kappa shape index (κ2) is 10.7. The van der Waals surface area contributed by atoms with E-state index in [0.29, 0.717) is 43.8 Å². The molecule has 9 nitrogen and oxygen atoms in total. The molecule has 3 rings (SSSR count). The van der Waals surface area contributed by atoms with Crippen molar-refractivity contribution in [1.82, 2.24) is 20.8 Å². The number of ether oxygens (including phenoxy) is 1. The van der Waals surface area contributed by atoms with Crippen molar-refractivity contribution >= 4 is 17.6 Å². The van der Waals surface area contributed by atoms with Crippen LogP contribution in [0, 0.1) is 0 Å². The summed E-state index contributed by atoms with van der Waals surface area (Å²) in [4.78, 5) is 22.7. The number of carbonyl (C=O) groups is 1. The second-order valence-electron chi connectivity index (χ2n) is 7.01. The number of rotatable bonds is 9. The molecule has 1 unspecified atom stereocenters. The molecule has 1 aliphatic heterocycles. The van der Waals surface area contributed by atoms with Crippen molar-refractivity contribution in [2.75, 3.05) is 24.6 Å². The largest absolute Gasteiger partial charge is 0.371 e. The first-order chi connectivity index (χ1) is 14.6. The fourth-order valence-corrected chi connectivity index (χ4v) is 3.20. The van der Waals surface area contributed by atoms with E-state index in [1.807, 2.05) is 49.9 Å². The van der Waals surface area contributed by atoms with Gasteiger partial charge in [-0.3, -0.25) is 4.79 Å². The van der Waals surface area contributed by atoms with Gasteiger partial charge < -0.3 is 24.8 Å². The molecular formula is C21H30N6O3. The van der Waals surface area contributed by atoms with Gasteiger partial charge in [0.15, 0.2) is 11.8 Å². The third-order valence-corrected chi connectivity index (χ3v) is 4.76. The molecule has 1 aromatic heterocycles. The lowest BCUT2D eigenvalue weighted by molar-refractivity contribution is -0.117. The predicted octanol–water partition coefficient (Wildman–Crippen LogP) is 2.55. The minimum absolute atomic E-state index is 0.194. The van der Waals surface area contributed by atoms with Crippen LogP contribution in [0.2, 0.25) is 0 Å². The van der Waals surface area contributed by atoms with Crippen LogP contribution in [-0.4, -0.2) is 41.7 Å². The van der Waals surface area contributed by atoms with Gasteiger partial charge >= 0.3 is 0 Å². The highest BCUT2D eigenvalue weighted by molar-refractivity contribution is 5.95. The van der Waals surface area contributed by atoms with Crippen LogP contribution in [0.5, 0.6) is 0 Å². The molecule has 1 amide bonds. The van der Waals surface area contributed by atoms with Crippen molar-refractivity contribution in [3.05, 3.63) is 41.5 Å². The van der Waals surface area contributed by atoms with Gasteiger partial charge in [-0.05, 0) is 44.9 Å². The Morgan fingerprint density at radius 2 is 2.10 bits per heavy atom. The first-order valence-electron chi connectivity index (χ1n) is 10.5. The number of aliphatic imine (C=N–C) groups is 1. The molecule has 0 aliphatic carbocycles. The van der Waals surface area contributed by atoms with Crippen LogP contribution in [0.4, 0.5) is 5.69 Å². The number of amides is 1. The maximum Gasteiger partial charge on any atom is 0.246 e. The van der Waals surface area contributed by atoms with Crippen molar-refractivity contribution in [2.45, 2.75) is 52.8 Å². The molecule has 1 fully saturated rings. The Labute approximate surface area is 176 Å². The highest BCUT2D eigenvalue weighted by Gasteiger charge is 2.21. The molecule has 2 N–H and O–H groups in total. The molecule has 1 saturated heterocycles. The standard InChI is InChI=1S/C21H30N6O3/c1-4-22-21(24-14-18-25-20(26-30-18)15(3)29-5-2)23-13-16-8-10-17(11-9-16)27-12-6-7-19(27)28/h8-11,15H,4-7,12-14H2,1-3H3,(H2,22,23,24). The van der Waals surface area contributed by atoms with E-state index >= 15 is 0 Å². The van der Waals surface area contributed by atoms with E-state index in [1.165, 1.54) is 0 Å². The quantitative estimate of drug-likeness (QED) is 0.480. The summed E-state index contributed by atoms with van der Waals surface area (Å²) in [5.41, 5.74) is 2.01. The van der Waals surface area contributed by atoms with E-state index < -0.39 is 0 Å². The summed E-state index contributed by atoms with van der Waals surface area (Å²) in [7, 11) is 0. The lowest BCUT2D eigenvalue weighted by Gasteiger charge is -2.15. The maximum absolute atomic E-state index is 11.9. The molecule has 1 atom stereocenters. The van der Waals surface area contributed by atoms with Crippen molar-refractivity contribution in [3.63, 3.8) is 0 Å². The molecule has 0 bridgehead atoms. The minimum Gasteiger partial charge on any atom is -0.371 e. The van der Waals surface area contributed by atoms with E-state index in [0.717, 1.165) is 30.8 Å². The van der Waals surface area contributed by atoms with Gasteiger partial charge in [0, 0.05) is 31.8 Å². The van der Waals surface area contributed by atoms with Gasteiger partial charge in [-0.2, -0.15) is 4.98 Å². The Kier molecular flexibility index (Phi) is 7.78. The van der Waals surface area contributed by atoms with Crippen LogP contribution in [0.3, 0.4) is 0 Å². The number of aromatic nitrogens is 2. The fourth-order valence-electron chi connectivity index (χ4n) is 3.20. The Hall–Kier alpha value is -2.94. The van der Waals surface area contributed by atoms with E-state index in [1.54, 1.807) is 0 Å². The van der Waals surface area contributed by atoms with Crippen LogP contribution < -0.4 is 15.5 Å². The van der Waals surface area contributed by atoms with E-state index in [9.17, 15) is 4.79 Å². The van der Waals surface area contributed by atoms with Crippen LogP contribution in [0.15, 0.2) is 33.8 Å². The van der Waals surface area contributed by atoms with Crippen LogP contribution in [0.25, 0.3) is 0 Å². The van der Waals surface area contributed by atoms with Gasteiger partial charge in [0.2, 0.25) is 11.8 Å². The molecule has 30 heavy (non-hydrogen) atoms. The Balaban J connectivity index is 1.56. The Bertz CT molecular complexity index is 849. The molecule has 1 aromatic carbocycles. The van der Waals surface area contributed by atoms with Crippen molar-refractivity contribution in [1.29, 1.82) is 0 Å². The highest BCUT2D eigenvalue weighted by Crippen LogP contribution is 2.21. The van der Waals surface area contributed by atoms with Gasteiger partial charge in [-0.15, -0.1) is 0 Å². The average Bonchev–Trinajstić information content (AvgIpc) is 3.40. The van der Waals surface area contributed by atoms with E-state index in [4.69, 9.17) is 9.26 Å². The van der Waals surface area contributed by atoms with Gasteiger partial charge in [0.1, 0.15) is 6.10 Å². The van der Waals surface area contributed by atoms with E-state index in [2.05, 4.69) is 25.8 Å². The van der Waals surface area contributed by atoms with Crippen molar-refractivity contribution in [3.8, 4) is 0 Å². The lowest BCUT2D eigenvalue weighted by atomic mass is 10.2. The minimum atomic E-state index is -0.201. The number of carbonyl (C=O) groups excluding carboxylic acids is 1. The first kappa shape index (κ1) is 21.8.